The Labute approximate surface area is 863 Å². The Morgan fingerprint density at radius 2 is 0.387 bits per heavy atom. The summed E-state index contributed by atoms with van der Waals surface area (Å²) in [5.41, 5.74) is 25.4. The van der Waals surface area contributed by atoms with E-state index in [1.807, 2.05) is 0 Å². The van der Waals surface area contributed by atoms with Gasteiger partial charge in [-0.3, -0.25) is 9.13 Å². The maximum Gasteiger partial charge on any atom is 0.145 e. The Kier molecular flexibility index (Phi) is 20.0. The van der Waals surface area contributed by atoms with Crippen molar-refractivity contribution in [1.29, 1.82) is 0 Å². The van der Waals surface area contributed by atoms with E-state index in [9.17, 15) is 0 Å². The van der Waals surface area contributed by atoms with E-state index >= 15 is 0 Å². The van der Waals surface area contributed by atoms with Gasteiger partial charge in [0.15, 0.2) is 0 Å². The molecule has 0 atom stereocenters. The summed E-state index contributed by atoms with van der Waals surface area (Å²) in [5, 5.41) is 36.8. The number of pyridine rings is 2. The van der Waals surface area contributed by atoms with Gasteiger partial charge >= 0.3 is 0 Å². The van der Waals surface area contributed by atoms with Crippen molar-refractivity contribution in [3.63, 3.8) is 0 Å². The summed E-state index contributed by atoms with van der Waals surface area (Å²) in [6, 6.07) is 194. The van der Waals surface area contributed by atoms with Gasteiger partial charge in [-0.2, -0.15) is 0 Å². The van der Waals surface area contributed by atoms with Gasteiger partial charge in [0.05, 0.1) is 44.8 Å². The Morgan fingerprint density at radius 3 is 0.753 bits per heavy atom. The van der Waals surface area contributed by atoms with Crippen LogP contribution in [0.1, 0.15) is 0 Å². The second-order valence-corrected chi connectivity index (χ2v) is 39.5. The molecule has 31 rings (SSSR count). The van der Waals surface area contributed by atoms with Crippen molar-refractivity contribution in [1.82, 2.24) is 29.1 Å². The lowest BCUT2D eigenvalue weighted by atomic mass is 9.88. The van der Waals surface area contributed by atoms with Crippen molar-refractivity contribution in [2.75, 3.05) is 0 Å². The van der Waals surface area contributed by atoms with E-state index < -0.39 is 0 Å². The molecule has 0 amide bonds. The number of imidazole rings is 2. The monoisotopic (exact) mass is 1900 g/mol. The summed E-state index contributed by atoms with van der Waals surface area (Å²) in [7, 11) is 0. The quantitative estimate of drug-likeness (QED) is 0.114. The van der Waals surface area contributed by atoms with Crippen LogP contribution in [-0.2, 0) is 0 Å². The minimum Gasteiger partial charge on any atom is -0.292 e. The zero-order valence-corrected chi connectivity index (χ0v) is 81.5. The van der Waals surface area contributed by atoms with Crippen LogP contribution in [0.2, 0.25) is 0 Å². The molecule has 0 aliphatic heterocycles. The second kappa shape index (κ2) is 35.0. The van der Waals surface area contributed by atoms with Gasteiger partial charge in [-0.05, 0) is 269 Å². The number of nitrogens with zero attached hydrogens (tertiary/aromatic N) is 6. The molecule has 0 saturated carbocycles. The molecule has 150 heavy (non-hydrogen) atoms. The summed E-state index contributed by atoms with van der Waals surface area (Å²) in [5.74, 6) is 1.80. The molecule has 0 bridgehead atoms. The Balaban J connectivity index is 0.000000139. The van der Waals surface area contributed by atoms with Gasteiger partial charge in [0.25, 0.3) is 0 Å². The van der Waals surface area contributed by atoms with E-state index in [0.717, 1.165) is 178 Å². The van der Waals surface area contributed by atoms with E-state index in [2.05, 4.69) is 543 Å². The maximum absolute atomic E-state index is 5.74. The number of para-hydroxylation sites is 1. The first-order valence-electron chi connectivity index (χ1n) is 51.5. The molecule has 27 aromatic carbocycles. The first kappa shape index (κ1) is 85.6. The molecule has 6 nitrogen and oxygen atoms in total. The fourth-order valence-corrected chi connectivity index (χ4v) is 24.4. The number of benzene rings is 27. The van der Waals surface area contributed by atoms with Gasteiger partial charge in [-0.15, -0.1) is 0 Å². The summed E-state index contributed by atoms with van der Waals surface area (Å²) in [6.45, 7) is 0. The molecule has 31 aromatic rings. The summed E-state index contributed by atoms with van der Waals surface area (Å²) in [6.07, 6.45) is 0. The van der Waals surface area contributed by atoms with E-state index in [4.69, 9.17) is 19.9 Å². The van der Waals surface area contributed by atoms with E-state index in [0.29, 0.717) is 0 Å². The van der Waals surface area contributed by atoms with Gasteiger partial charge in [-0.1, -0.05) is 449 Å². The molecule has 0 radical (unpaired) electrons. The van der Waals surface area contributed by atoms with Gasteiger partial charge in [0.1, 0.15) is 11.6 Å². The molecule has 0 N–H and O–H groups in total. The first-order chi connectivity index (χ1) is 74.4. The molecule has 0 unspecified atom stereocenters. The maximum atomic E-state index is 5.74. The highest BCUT2D eigenvalue weighted by molar-refractivity contribution is 6.31. The third-order valence-electron chi connectivity index (χ3n) is 31.3. The average Bonchev–Trinajstić information content (AvgIpc) is 0.793. The molecule has 0 aliphatic carbocycles. The molecular weight excluding hydrogens is 1810 g/mol. The predicted molar refractivity (Wildman–Crippen MR) is 635 cm³/mol. The largest absolute Gasteiger partial charge is 0.292 e. The van der Waals surface area contributed by atoms with E-state index in [1.54, 1.807) is 0 Å². The Morgan fingerprint density at radius 1 is 0.133 bits per heavy atom. The highest BCUT2D eigenvalue weighted by Crippen LogP contribution is 2.51. The summed E-state index contributed by atoms with van der Waals surface area (Å²) in [4.78, 5) is 22.3. The summed E-state index contributed by atoms with van der Waals surface area (Å²) >= 11 is 0. The van der Waals surface area contributed by atoms with Crippen LogP contribution < -0.4 is 0 Å². The molecule has 4 aromatic heterocycles. The van der Waals surface area contributed by atoms with E-state index in [1.165, 1.54) is 129 Å². The lowest BCUT2D eigenvalue weighted by Gasteiger charge is -2.18. The number of hydrogen-bond acceptors (Lipinski definition) is 4. The molecule has 0 saturated heterocycles. The smallest absolute Gasteiger partial charge is 0.145 e. The van der Waals surface area contributed by atoms with Crippen molar-refractivity contribution >= 4 is 184 Å². The predicted octanol–water partition coefficient (Wildman–Crippen LogP) is 38.8. The van der Waals surface area contributed by atoms with Crippen LogP contribution in [-0.4, -0.2) is 29.1 Å². The van der Waals surface area contributed by atoms with Gasteiger partial charge < -0.3 is 0 Å². The molecule has 694 valence electrons. The van der Waals surface area contributed by atoms with Gasteiger partial charge in [0, 0.05) is 66.3 Å². The molecule has 0 fully saturated rings. The third-order valence-corrected chi connectivity index (χ3v) is 31.3. The molecule has 0 spiro atoms. The Bertz CT molecular complexity index is 10900. The minimum absolute atomic E-state index is 0.887. The molecule has 0 aliphatic rings. The van der Waals surface area contributed by atoms with Crippen molar-refractivity contribution in [3.8, 4) is 124 Å². The molecule has 6 heteroatoms. The van der Waals surface area contributed by atoms with Crippen molar-refractivity contribution in [2.45, 2.75) is 0 Å². The third kappa shape index (κ3) is 13.9. The zero-order valence-electron chi connectivity index (χ0n) is 81.5. The second-order valence-electron chi connectivity index (χ2n) is 39.5. The van der Waals surface area contributed by atoms with Crippen molar-refractivity contribution in [2.24, 2.45) is 0 Å². The van der Waals surface area contributed by atoms with Crippen LogP contribution in [0.3, 0.4) is 0 Å². The van der Waals surface area contributed by atoms with Crippen LogP contribution in [0.15, 0.2) is 534 Å². The van der Waals surface area contributed by atoms with Crippen LogP contribution in [0.25, 0.3) is 307 Å². The fourth-order valence-electron chi connectivity index (χ4n) is 24.4. The fraction of sp³-hybridized carbons (Fsp3) is 0. The number of rotatable bonds is 12. The van der Waals surface area contributed by atoms with Crippen molar-refractivity contribution in [3.05, 3.63) is 534 Å². The van der Waals surface area contributed by atoms with Gasteiger partial charge in [0.2, 0.25) is 0 Å². The highest BCUT2D eigenvalue weighted by atomic mass is 15.1. The molecular formula is C144H88N6. The molecule has 4 heterocycles. The lowest BCUT2D eigenvalue weighted by Crippen LogP contribution is -2.00. The number of fused-ring (bicyclic) bond motifs is 31. The van der Waals surface area contributed by atoms with Gasteiger partial charge in [-0.25, -0.2) is 19.9 Å². The van der Waals surface area contributed by atoms with Crippen LogP contribution >= 0.6 is 0 Å². The topological polar surface area (TPSA) is 61.4 Å². The van der Waals surface area contributed by atoms with Crippen LogP contribution in [0, 0.1) is 0 Å². The SMILES string of the molecule is c1ccc(-c2nc(-c3ccccc3)n(-c3ccc(-c4cc5c(-c6ccc7c8ccccc8c8ccccc8c7c6)cc(-c6ccc7c8ccccc8c8ccccc8c7c6)nc5c5ccccc45)cc3)c2-c2ccccc2)cc1.c1ccc(-c2nc3cc(-c4cc5c(-c6ccc7c8ccccc8c8ccccc8c7c6)cc(-c6ccc7c8ccccc8c8ccccc8c7c6)nc5c5ccccc45)ccc3n2-c2ccccc2)cc1. The lowest BCUT2D eigenvalue weighted by molar-refractivity contribution is 1.07. The number of hydrogen-bond donors (Lipinski definition) is 0. The number of aromatic nitrogens is 6. The Hall–Kier alpha value is -19.9. The van der Waals surface area contributed by atoms with Crippen molar-refractivity contribution < 1.29 is 0 Å². The van der Waals surface area contributed by atoms with E-state index in [-0.39, 0.29) is 0 Å². The minimum atomic E-state index is 0.887. The average molecular weight is 1900 g/mol. The normalized spacial score (nSPS) is 11.9. The van der Waals surface area contributed by atoms with Crippen LogP contribution in [0.4, 0.5) is 0 Å². The van der Waals surface area contributed by atoms with Crippen LogP contribution in [0.5, 0.6) is 0 Å². The standard InChI is InChI=1S/C76H47N3.C68H41N3/c1-4-20-49(21-5-1)73-75(50-22-6-2-7-23-50)79(76(78-73)51-24-8-3-9-25-51)54-40-36-48(37-41-54)67-46-71-68(52-38-42-64-59-30-12-10-26-55(59)57-28-14-16-32-61(57)69(64)44-52)47-72(77-74(71)66-35-19-18-34-63(66)67)53-39-43-65-60-31-13-11-27-56(60)58-29-15-17-33-62(58)70(65)45-53;1-3-17-42(18-4-1)68-70-65-39-44(33-36-66(65)71(68)46-19-5-2-6-20-46)59-40-63-60(43-31-34-56-51-25-9-7-21-47(51)49-23-11-13-27-53(49)61(56)37-43)41-64(69-67(63)58-30-16-15-29-55(58)59)45-32-35-57-52-26-10-8-22-48(52)50-24-12-14-28-54(50)62(57)38-45/h1-47H;1-41H. The highest BCUT2D eigenvalue weighted by Gasteiger charge is 2.28. The zero-order chi connectivity index (χ0) is 98.5. The first-order valence-corrected chi connectivity index (χ1v) is 51.5. The summed E-state index contributed by atoms with van der Waals surface area (Å²) < 4.78 is 4.62.